The molecule has 2 aliphatic rings. The molecule has 1 saturated heterocycles. The van der Waals surface area contributed by atoms with Gasteiger partial charge in [-0.1, -0.05) is 36.4 Å². The van der Waals surface area contributed by atoms with Crippen LogP contribution in [-0.2, 0) is 16.1 Å². The van der Waals surface area contributed by atoms with Crippen molar-refractivity contribution in [3.63, 3.8) is 0 Å². The van der Waals surface area contributed by atoms with E-state index in [1.807, 2.05) is 60.4 Å². The first-order valence-corrected chi connectivity index (χ1v) is 10.5. The van der Waals surface area contributed by atoms with Gasteiger partial charge in [0.1, 0.15) is 11.5 Å². The number of para-hydroxylation sites is 2. The lowest BCUT2D eigenvalue weighted by Gasteiger charge is -2.32. The van der Waals surface area contributed by atoms with Gasteiger partial charge >= 0.3 is 0 Å². The van der Waals surface area contributed by atoms with Gasteiger partial charge in [0, 0.05) is 31.1 Å². The molecule has 1 atom stereocenters. The van der Waals surface area contributed by atoms with Gasteiger partial charge in [-0.05, 0) is 50.3 Å². The van der Waals surface area contributed by atoms with E-state index < -0.39 is 0 Å². The summed E-state index contributed by atoms with van der Waals surface area (Å²) >= 11 is 0. The molecule has 0 aromatic heterocycles. The van der Waals surface area contributed by atoms with Crippen molar-refractivity contribution >= 4 is 11.8 Å². The molecular weight excluding hydrogens is 364 g/mol. The van der Waals surface area contributed by atoms with Crippen molar-refractivity contribution in [3.05, 3.63) is 59.7 Å². The van der Waals surface area contributed by atoms with Crippen LogP contribution < -0.4 is 10.1 Å². The highest BCUT2D eigenvalue weighted by molar-refractivity contribution is 5.83. The van der Waals surface area contributed by atoms with Gasteiger partial charge in [0.25, 0.3) is 0 Å². The minimum absolute atomic E-state index is 0.0176. The molecule has 5 heteroatoms. The zero-order valence-corrected chi connectivity index (χ0v) is 16.9. The maximum atomic E-state index is 12.8. The Labute approximate surface area is 172 Å². The summed E-state index contributed by atoms with van der Waals surface area (Å²) in [6.07, 6.45) is 3.74. The summed E-state index contributed by atoms with van der Waals surface area (Å²) in [6.45, 7) is 3.75. The molecule has 0 bridgehead atoms. The summed E-state index contributed by atoms with van der Waals surface area (Å²) in [5.74, 6) is 1.89. The first-order chi connectivity index (χ1) is 14.1. The van der Waals surface area contributed by atoms with E-state index in [2.05, 4.69) is 5.32 Å². The van der Waals surface area contributed by atoms with Gasteiger partial charge in [-0.15, -0.1) is 0 Å². The molecule has 5 nitrogen and oxygen atoms in total. The number of aryl methyl sites for hydroxylation is 1. The van der Waals surface area contributed by atoms with Gasteiger partial charge in [0.05, 0.1) is 5.92 Å². The Morgan fingerprint density at radius 3 is 2.48 bits per heavy atom. The van der Waals surface area contributed by atoms with Crippen LogP contribution in [0, 0.1) is 18.8 Å². The molecule has 1 N–H and O–H groups in total. The fraction of sp³-hybridized carbons (Fsp3) is 0.417. The van der Waals surface area contributed by atoms with Crippen LogP contribution in [-0.4, -0.2) is 29.8 Å². The van der Waals surface area contributed by atoms with Gasteiger partial charge in [-0.2, -0.15) is 0 Å². The van der Waals surface area contributed by atoms with Crippen LogP contribution in [0.25, 0.3) is 0 Å². The monoisotopic (exact) mass is 392 g/mol. The topological polar surface area (TPSA) is 58.6 Å². The molecule has 1 heterocycles. The second-order valence-corrected chi connectivity index (χ2v) is 8.09. The van der Waals surface area contributed by atoms with Crippen LogP contribution in [0.5, 0.6) is 11.5 Å². The van der Waals surface area contributed by atoms with Gasteiger partial charge in [-0.25, -0.2) is 0 Å². The Hall–Kier alpha value is -2.82. The summed E-state index contributed by atoms with van der Waals surface area (Å²) in [7, 11) is 0. The molecule has 4 rings (SSSR count). The quantitative estimate of drug-likeness (QED) is 0.807. The Balaban J connectivity index is 1.37. The van der Waals surface area contributed by atoms with Crippen LogP contribution in [0.2, 0.25) is 0 Å². The lowest BCUT2D eigenvalue weighted by Crippen LogP contribution is -2.45. The maximum absolute atomic E-state index is 12.8. The molecule has 0 radical (unpaired) electrons. The maximum Gasteiger partial charge on any atom is 0.225 e. The van der Waals surface area contributed by atoms with Gasteiger partial charge in [-0.3, -0.25) is 9.59 Å². The molecule has 1 saturated carbocycles. The number of nitrogens with one attached hydrogen (secondary N) is 1. The standard InChI is InChI=1S/C24H28N2O3/c1-17-7-2-4-10-21(17)29-22-11-5-3-8-19(22)15-25-23(27)20-9-6-14-26(16-20)24(28)18-12-13-18/h2-5,7-8,10-11,18,20H,6,9,12-16H2,1H3,(H,25,27). The third-order valence-corrected chi connectivity index (χ3v) is 5.77. The zero-order valence-electron chi connectivity index (χ0n) is 16.9. The number of piperidine rings is 1. The second kappa shape index (κ2) is 8.68. The van der Waals surface area contributed by atoms with Crippen LogP contribution in [0.3, 0.4) is 0 Å². The van der Waals surface area contributed by atoms with Crippen LogP contribution in [0.1, 0.15) is 36.8 Å². The molecule has 152 valence electrons. The number of amides is 2. The highest BCUT2D eigenvalue weighted by atomic mass is 16.5. The number of hydrogen-bond acceptors (Lipinski definition) is 3. The summed E-state index contributed by atoms with van der Waals surface area (Å²) in [6, 6.07) is 15.7. The van der Waals surface area contributed by atoms with Crippen LogP contribution >= 0.6 is 0 Å². The number of carbonyl (C=O) groups is 2. The average molecular weight is 392 g/mol. The molecule has 2 aromatic carbocycles. The average Bonchev–Trinajstić information content (AvgIpc) is 3.59. The molecule has 1 aliphatic heterocycles. The highest BCUT2D eigenvalue weighted by Crippen LogP contribution is 2.32. The number of nitrogens with zero attached hydrogens (tertiary/aromatic N) is 1. The summed E-state index contributed by atoms with van der Waals surface area (Å²) < 4.78 is 6.10. The lowest BCUT2D eigenvalue weighted by atomic mass is 9.96. The Morgan fingerprint density at radius 1 is 1.00 bits per heavy atom. The van der Waals surface area contributed by atoms with E-state index in [0.717, 1.165) is 54.9 Å². The van der Waals surface area contributed by atoms with E-state index in [-0.39, 0.29) is 23.7 Å². The van der Waals surface area contributed by atoms with E-state index in [0.29, 0.717) is 13.1 Å². The van der Waals surface area contributed by atoms with E-state index in [9.17, 15) is 9.59 Å². The first-order valence-electron chi connectivity index (χ1n) is 10.5. The summed E-state index contributed by atoms with van der Waals surface area (Å²) in [5, 5.41) is 3.06. The number of benzene rings is 2. The smallest absolute Gasteiger partial charge is 0.225 e. The normalized spacial score (nSPS) is 18.9. The molecule has 2 fully saturated rings. The van der Waals surface area contributed by atoms with Gasteiger partial charge in [0.2, 0.25) is 11.8 Å². The SMILES string of the molecule is Cc1ccccc1Oc1ccccc1CNC(=O)C1CCCN(C(=O)C2CC2)C1. The van der Waals surface area contributed by atoms with E-state index in [1.54, 1.807) is 0 Å². The fourth-order valence-corrected chi connectivity index (χ4v) is 3.85. The number of rotatable bonds is 6. The highest BCUT2D eigenvalue weighted by Gasteiger charge is 2.36. The van der Waals surface area contributed by atoms with Crippen molar-refractivity contribution in [1.29, 1.82) is 0 Å². The largest absolute Gasteiger partial charge is 0.457 e. The third kappa shape index (κ3) is 4.78. The van der Waals surface area contributed by atoms with E-state index in [4.69, 9.17) is 4.74 Å². The summed E-state index contributed by atoms with van der Waals surface area (Å²) in [4.78, 5) is 27.0. The zero-order chi connectivity index (χ0) is 20.2. The Kier molecular flexibility index (Phi) is 5.84. The van der Waals surface area contributed by atoms with Crippen molar-refractivity contribution in [2.24, 2.45) is 11.8 Å². The molecule has 29 heavy (non-hydrogen) atoms. The van der Waals surface area contributed by atoms with Crippen molar-refractivity contribution in [2.75, 3.05) is 13.1 Å². The minimum Gasteiger partial charge on any atom is -0.457 e. The van der Waals surface area contributed by atoms with Crippen molar-refractivity contribution in [1.82, 2.24) is 10.2 Å². The minimum atomic E-state index is -0.129. The van der Waals surface area contributed by atoms with Gasteiger partial charge < -0.3 is 15.0 Å². The first kappa shape index (κ1) is 19.5. The molecule has 2 aromatic rings. The van der Waals surface area contributed by atoms with Crippen molar-refractivity contribution < 1.29 is 14.3 Å². The van der Waals surface area contributed by atoms with Crippen LogP contribution in [0.15, 0.2) is 48.5 Å². The number of hydrogen-bond donors (Lipinski definition) is 1. The third-order valence-electron chi connectivity index (χ3n) is 5.77. The Morgan fingerprint density at radius 2 is 1.72 bits per heavy atom. The number of carbonyl (C=O) groups excluding carboxylic acids is 2. The predicted molar refractivity (Wildman–Crippen MR) is 112 cm³/mol. The molecule has 2 amide bonds. The van der Waals surface area contributed by atoms with Gasteiger partial charge in [0.15, 0.2) is 0 Å². The number of ether oxygens (including phenoxy) is 1. The molecule has 0 spiro atoms. The Bertz CT molecular complexity index is 891. The summed E-state index contributed by atoms with van der Waals surface area (Å²) in [5.41, 5.74) is 2.00. The lowest BCUT2D eigenvalue weighted by molar-refractivity contribution is -0.136. The predicted octanol–water partition coefficient (Wildman–Crippen LogP) is 4.05. The number of likely N-dealkylation sites (tertiary alicyclic amines) is 1. The van der Waals surface area contributed by atoms with E-state index in [1.165, 1.54) is 0 Å². The van der Waals surface area contributed by atoms with Crippen LogP contribution in [0.4, 0.5) is 0 Å². The molecule has 1 aliphatic carbocycles. The molecule has 1 unspecified atom stereocenters. The van der Waals surface area contributed by atoms with E-state index >= 15 is 0 Å². The van der Waals surface area contributed by atoms with Crippen molar-refractivity contribution in [2.45, 2.75) is 39.2 Å². The molecular formula is C24H28N2O3. The van der Waals surface area contributed by atoms with Crippen molar-refractivity contribution in [3.8, 4) is 11.5 Å². The fourth-order valence-electron chi connectivity index (χ4n) is 3.85. The second-order valence-electron chi connectivity index (χ2n) is 8.09.